The number of aryl methyl sites for hydroxylation is 2. The number of aromatic nitrogens is 3. The number of hydrogen-bond donors (Lipinski definition) is 1. The molecule has 114 valence electrons. The van der Waals surface area contributed by atoms with Crippen molar-refractivity contribution in [3.05, 3.63) is 33.5 Å². The number of rotatable bonds is 3. The zero-order valence-electron chi connectivity index (χ0n) is 12.6. The van der Waals surface area contributed by atoms with Crippen molar-refractivity contribution in [3.8, 4) is 0 Å². The van der Waals surface area contributed by atoms with E-state index in [2.05, 4.69) is 11.9 Å². The van der Waals surface area contributed by atoms with Crippen molar-refractivity contribution in [1.82, 2.24) is 14.6 Å². The maximum atomic E-state index is 12.2. The molecule has 0 fully saturated rings. The molecule has 0 unspecified atom stereocenters. The van der Waals surface area contributed by atoms with Crippen LogP contribution in [0.2, 0.25) is 0 Å². The zero-order valence-corrected chi connectivity index (χ0v) is 13.4. The van der Waals surface area contributed by atoms with Crippen LogP contribution in [-0.2, 0) is 19.3 Å². The maximum Gasteiger partial charge on any atom is 0.289 e. The highest BCUT2D eigenvalue weighted by Crippen LogP contribution is 2.38. The number of pyridine rings is 1. The molecular formula is C16H18N4OS. The summed E-state index contributed by atoms with van der Waals surface area (Å²) in [6.07, 6.45) is 8.08. The number of unbranched alkanes of at least 4 members (excludes halogenated alkanes) is 1. The van der Waals surface area contributed by atoms with Crippen molar-refractivity contribution in [2.24, 2.45) is 0 Å². The van der Waals surface area contributed by atoms with Crippen LogP contribution in [0.1, 0.15) is 43.0 Å². The van der Waals surface area contributed by atoms with Gasteiger partial charge in [0.05, 0.1) is 5.52 Å². The van der Waals surface area contributed by atoms with Crippen molar-refractivity contribution in [1.29, 1.82) is 0 Å². The van der Waals surface area contributed by atoms with Gasteiger partial charge in [0, 0.05) is 11.1 Å². The van der Waals surface area contributed by atoms with Gasteiger partial charge < -0.3 is 5.84 Å². The second kappa shape index (κ2) is 5.05. The van der Waals surface area contributed by atoms with Gasteiger partial charge >= 0.3 is 0 Å². The summed E-state index contributed by atoms with van der Waals surface area (Å²) in [5.74, 6) is 5.64. The molecule has 4 rings (SSSR count). The van der Waals surface area contributed by atoms with Crippen molar-refractivity contribution >= 4 is 31.8 Å². The van der Waals surface area contributed by atoms with Crippen LogP contribution in [0.25, 0.3) is 20.4 Å². The lowest BCUT2D eigenvalue weighted by Crippen LogP contribution is -2.26. The van der Waals surface area contributed by atoms with Crippen LogP contribution in [0.15, 0.2) is 11.1 Å². The highest BCUT2D eigenvalue weighted by atomic mass is 32.1. The molecule has 5 nitrogen and oxygen atoms in total. The Morgan fingerprint density at radius 3 is 3.00 bits per heavy atom. The van der Waals surface area contributed by atoms with Gasteiger partial charge in [0.15, 0.2) is 0 Å². The summed E-state index contributed by atoms with van der Waals surface area (Å²) in [6, 6.07) is 0. The summed E-state index contributed by atoms with van der Waals surface area (Å²) in [6.45, 7) is 2.20. The molecule has 0 bridgehead atoms. The van der Waals surface area contributed by atoms with E-state index in [1.807, 2.05) is 0 Å². The Morgan fingerprint density at radius 2 is 2.18 bits per heavy atom. The molecule has 0 radical (unpaired) electrons. The highest BCUT2D eigenvalue weighted by Gasteiger charge is 2.23. The smallest absolute Gasteiger partial charge is 0.289 e. The molecule has 2 N–H and O–H groups in total. The van der Waals surface area contributed by atoms with Crippen LogP contribution in [0.3, 0.4) is 0 Å². The van der Waals surface area contributed by atoms with E-state index in [1.54, 1.807) is 0 Å². The molecule has 0 spiro atoms. The molecule has 0 amide bonds. The maximum absolute atomic E-state index is 12.2. The van der Waals surface area contributed by atoms with E-state index in [4.69, 9.17) is 10.8 Å². The molecule has 1 aliphatic rings. The number of nitrogen functional groups attached to an aromatic ring is 1. The minimum absolute atomic E-state index is 0.185. The Hall–Kier alpha value is -1.95. The predicted molar refractivity (Wildman–Crippen MR) is 90.0 cm³/mol. The number of fused-ring (bicyclic) bond motifs is 5. The van der Waals surface area contributed by atoms with E-state index >= 15 is 0 Å². The van der Waals surface area contributed by atoms with Crippen LogP contribution >= 0.6 is 11.3 Å². The van der Waals surface area contributed by atoms with Crippen LogP contribution in [0.5, 0.6) is 0 Å². The van der Waals surface area contributed by atoms with Gasteiger partial charge in [-0.05, 0) is 43.2 Å². The number of thiophene rings is 1. The first kappa shape index (κ1) is 13.7. The molecule has 3 aromatic rings. The lowest BCUT2D eigenvalue weighted by Gasteiger charge is -2.08. The second-order valence-corrected chi connectivity index (χ2v) is 6.89. The molecule has 1 aliphatic carbocycles. The second-order valence-electron chi connectivity index (χ2n) is 5.89. The first-order valence-electron chi connectivity index (χ1n) is 7.80. The summed E-state index contributed by atoms with van der Waals surface area (Å²) in [7, 11) is 0. The van der Waals surface area contributed by atoms with Crippen molar-refractivity contribution in [3.63, 3.8) is 0 Å². The molecule has 0 saturated carbocycles. The highest BCUT2D eigenvalue weighted by molar-refractivity contribution is 7.25. The van der Waals surface area contributed by atoms with Gasteiger partial charge in [-0.25, -0.2) is 14.6 Å². The predicted octanol–water partition coefficient (Wildman–Crippen LogP) is 2.55. The molecular weight excluding hydrogens is 296 g/mol. The summed E-state index contributed by atoms with van der Waals surface area (Å²) in [5, 5.41) is 1.09. The van der Waals surface area contributed by atoms with E-state index in [0.29, 0.717) is 4.70 Å². The van der Waals surface area contributed by atoms with Crippen molar-refractivity contribution in [2.75, 3.05) is 5.84 Å². The molecule has 3 heterocycles. The Labute approximate surface area is 131 Å². The van der Waals surface area contributed by atoms with Gasteiger partial charge in [-0.2, -0.15) is 0 Å². The molecule has 3 aromatic heterocycles. The van der Waals surface area contributed by atoms with Gasteiger partial charge in [0.1, 0.15) is 15.9 Å². The standard InChI is InChI=1S/C16H18N4OS/c1-2-3-7-11-9-5-4-6-10(9)12-13-14(22-15(12)19-11)16(21)20(17)8-18-13/h8H,2-7,17H2,1H3. The lowest BCUT2D eigenvalue weighted by molar-refractivity contribution is 0.770. The number of hydrogen-bond acceptors (Lipinski definition) is 5. The van der Waals surface area contributed by atoms with Crippen molar-refractivity contribution < 1.29 is 0 Å². The number of nitrogens with zero attached hydrogens (tertiary/aromatic N) is 3. The summed E-state index contributed by atoms with van der Waals surface area (Å²) in [4.78, 5) is 22.5. The van der Waals surface area contributed by atoms with Crippen LogP contribution < -0.4 is 11.4 Å². The minimum atomic E-state index is -0.185. The third-order valence-electron chi connectivity index (χ3n) is 4.48. The van der Waals surface area contributed by atoms with Crippen LogP contribution in [-0.4, -0.2) is 14.6 Å². The van der Waals surface area contributed by atoms with E-state index in [-0.39, 0.29) is 5.56 Å². The van der Waals surface area contributed by atoms with Crippen LogP contribution in [0, 0.1) is 0 Å². The monoisotopic (exact) mass is 314 g/mol. The quantitative estimate of drug-likeness (QED) is 0.754. The fourth-order valence-electron chi connectivity index (χ4n) is 3.40. The lowest BCUT2D eigenvalue weighted by atomic mass is 10.0. The molecule has 0 atom stereocenters. The van der Waals surface area contributed by atoms with E-state index in [0.717, 1.165) is 46.1 Å². The van der Waals surface area contributed by atoms with E-state index in [9.17, 15) is 4.79 Å². The summed E-state index contributed by atoms with van der Waals surface area (Å²) in [5.41, 5.74) is 4.58. The first-order chi connectivity index (χ1) is 10.7. The Morgan fingerprint density at radius 1 is 1.36 bits per heavy atom. The largest absolute Gasteiger partial charge is 0.335 e. The Bertz CT molecular complexity index is 941. The number of nitrogens with two attached hydrogens (primary N) is 1. The Balaban J connectivity index is 2.07. The topological polar surface area (TPSA) is 73.8 Å². The Kier molecular flexibility index (Phi) is 3.14. The molecule has 0 saturated heterocycles. The summed E-state index contributed by atoms with van der Waals surface area (Å²) >= 11 is 1.43. The normalized spacial score (nSPS) is 14.0. The third-order valence-corrected chi connectivity index (χ3v) is 5.54. The van der Waals surface area contributed by atoms with Gasteiger partial charge in [0.25, 0.3) is 5.56 Å². The first-order valence-corrected chi connectivity index (χ1v) is 8.62. The van der Waals surface area contributed by atoms with Crippen molar-refractivity contribution in [2.45, 2.75) is 45.4 Å². The van der Waals surface area contributed by atoms with Gasteiger partial charge in [-0.15, -0.1) is 11.3 Å². The fourth-order valence-corrected chi connectivity index (χ4v) is 4.51. The van der Waals surface area contributed by atoms with Gasteiger partial charge in [0.2, 0.25) is 0 Å². The van der Waals surface area contributed by atoms with E-state index < -0.39 is 0 Å². The van der Waals surface area contributed by atoms with E-state index in [1.165, 1.54) is 47.3 Å². The SMILES string of the molecule is CCCCc1nc2sc3c(=O)n(N)cnc3c2c2c1CCC2. The zero-order chi connectivity index (χ0) is 15.3. The van der Waals surface area contributed by atoms with Gasteiger partial charge in [-0.3, -0.25) is 4.79 Å². The molecule has 0 aliphatic heterocycles. The third kappa shape index (κ3) is 1.86. The average molecular weight is 314 g/mol. The van der Waals surface area contributed by atoms with Gasteiger partial charge in [-0.1, -0.05) is 13.3 Å². The van der Waals surface area contributed by atoms with Crippen LogP contribution in [0.4, 0.5) is 0 Å². The molecule has 0 aromatic carbocycles. The minimum Gasteiger partial charge on any atom is -0.335 e. The fraction of sp³-hybridized carbons (Fsp3) is 0.438. The molecule has 6 heteroatoms. The summed E-state index contributed by atoms with van der Waals surface area (Å²) < 4.78 is 1.67. The molecule has 22 heavy (non-hydrogen) atoms. The average Bonchev–Trinajstić information content (AvgIpc) is 3.12.